The number of rotatable bonds is 6. The van der Waals surface area contributed by atoms with E-state index in [1.165, 1.54) is 0 Å². The summed E-state index contributed by atoms with van der Waals surface area (Å²) in [6.45, 7) is 0.590. The van der Waals surface area contributed by atoms with Crippen LogP contribution in [-0.2, 0) is 0 Å². The number of hydrogen-bond donors (Lipinski definition) is 2. The predicted octanol–water partition coefficient (Wildman–Crippen LogP) is 3.30. The molecule has 0 aliphatic rings. The average Bonchev–Trinajstić information content (AvgIpc) is 2.46. The molecule has 1 aromatic carbocycles. The standard InChI is InChI=1S/C14H14BrN3OS/c15-12-2-1-7-18-14(12)20-9-8-19-11-5-3-10(4-6-11)13(16)17/h1-7H,8-9H2,(H3,16,17). The zero-order chi connectivity index (χ0) is 14.4. The van der Waals surface area contributed by atoms with Crippen molar-refractivity contribution < 1.29 is 4.74 Å². The van der Waals surface area contributed by atoms with Gasteiger partial charge in [0.15, 0.2) is 0 Å². The molecule has 0 radical (unpaired) electrons. The van der Waals surface area contributed by atoms with Gasteiger partial charge in [-0.15, -0.1) is 11.8 Å². The van der Waals surface area contributed by atoms with Gasteiger partial charge in [-0.05, 0) is 52.3 Å². The number of ether oxygens (including phenoxy) is 1. The van der Waals surface area contributed by atoms with E-state index in [0.29, 0.717) is 12.2 Å². The molecule has 2 rings (SSSR count). The lowest BCUT2D eigenvalue weighted by atomic mass is 10.2. The Balaban J connectivity index is 1.79. The molecule has 2 aromatic rings. The third-order valence-electron chi connectivity index (χ3n) is 2.48. The highest BCUT2D eigenvalue weighted by atomic mass is 79.9. The van der Waals surface area contributed by atoms with E-state index in [0.717, 1.165) is 21.0 Å². The van der Waals surface area contributed by atoms with Gasteiger partial charge in [-0.3, -0.25) is 5.41 Å². The summed E-state index contributed by atoms with van der Waals surface area (Å²) in [5.74, 6) is 1.65. The lowest BCUT2D eigenvalue weighted by molar-refractivity contribution is 0.344. The van der Waals surface area contributed by atoms with Gasteiger partial charge in [0.2, 0.25) is 0 Å². The van der Waals surface area contributed by atoms with Crippen LogP contribution in [-0.4, -0.2) is 23.2 Å². The monoisotopic (exact) mass is 351 g/mol. The molecular formula is C14H14BrN3OS. The largest absolute Gasteiger partial charge is 0.493 e. The number of thioether (sulfide) groups is 1. The number of amidine groups is 1. The first-order valence-corrected chi connectivity index (χ1v) is 7.75. The van der Waals surface area contributed by atoms with Crippen LogP contribution >= 0.6 is 27.7 Å². The van der Waals surface area contributed by atoms with Gasteiger partial charge in [-0.2, -0.15) is 0 Å². The summed E-state index contributed by atoms with van der Waals surface area (Å²) in [4.78, 5) is 4.28. The van der Waals surface area contributed by atoms with Gasteiger partial charge in [-0.25, -0.2) is 4.98 Å². The van der Waals surface area contributed by atoms with E-state index in [1.54, 1.807) is 30.1 Å². The minimum atomic E-state index is 0.0621. The second-order valence-corrected chi connectivity index (χ2v) is 5.86. The Morgan fingerprint density at radius 2 is 2.05 bits per heavy atom. The molecule has 0 amide bonds. The molecule has 20 heavy (non-hydrogen) atoms. The van der Waals surface area contributed by atoms with Crippen molar-refractivity contribution >= 4 is 33.5 Å². The van der Waals surface area contributed by atoms with Gasteiger partial charge >= 0.3 is 0 Å². The molecule has 0 aliphatic heterocycles. The van der Waals surface area contributed by atoms with E-state index in [2.05, 4.69) is 20.9 Å². The SMILES string of the molecule is N=C(N)c1ccc(OCCSc2ncccc2Br)cc1. The molecule has 0 unspecified atom stereocenters. The Kier molecular flexibility index (Phi) is 5.43. The van der Waals surface area contributed by atoms with Crippen molar-refractivity contribution in [1.29, 1.82) is 5.41 Å². The molecule has 0 saturated carbocycles. The van der Waals surface area contributed by atoms with Crippen molar-refractivity contribution in [2.45, 2.75) is 5.03 Å². The van der Waals surface area contributed by atoms with Crippen LogP contribution < -0.4 is 10.5 Å². The van der Waals surface area contributed by atoms with Crippen molar-refractivity contribution in [3.63, 3.8) is 0 Å². The van der Waals surface area contributed by atoms with Crippen LogP contribution in [0, 0.1) is 5.41 Å². The van der Waals surface area contributed by atoms with E-state index >= 15 is 0 Å². The van der Waals surface area contributed by atoms with Crippen molar-refractivity contribution in [2.24, 2.45) is 5.73 Å². The maximum atomic E-state index is 7.31. The number of benzene rings is 1. The topological polar surface area (TPSA) is 72.0 Å². The molecular weight excluding hydrogens is 338 g/mol. The molecule has 0 spiro atoms. The molecule has 0 atom stereocenters. The van der Waals surface area contributed by atoms with Gasteiger partial charge < -0.3 is 10.5 Å². The lowest BCUT2D eigenvalue weighted by Gasteiger charge is -2.07. The summed E-state index contributed by atoms with van der Waals surface area (Å²) in [6.07, 6.45) is 1.77. The van der Waals surface area contributed by atoms with Crippen LogP contribution in [0.4, 0.5) is 0 Å². The van der Waals surface area contributed by atoms with Crippen LogP contribution in [0.3, 0.4) is 0 Å². The molecule has 6 heteroatoms. The smallest absolute Gasteiger partial charge is 0.122 e. The maximum absolute atomic E-state index is 7.31. The Morgan fingerprint density at radius 3 is 2.70 bits per heavy atom. The van der Waals surface area contributed by atoms with Crippen molar-refractivity contribution in [3.05, 3.63) is 52.6 Å². The Morgan fingerprint density at radius 1 is 1.30 bits per heavy atom. The quantitative estimate of drug-likeness (QED) is 0.362. The first-order valence-electron chi connectivity index (χ1n) is 5.97. The van der Waals surface area contributed by atoms with Crippen molar-refractivity contribution in [3.8, 4) is 5.75 Å². The fraction of sp³-hybridized carbons (Fsp3) is 0.143. The second-order valence-electron chi connectivity index (χ2n) is 3.93. The minimum absolute atomic E-state index is 0.0621. The minimum Gasteiger partial charge on any atom is -0.493 e. The van der Waals surface area contributed by atoms with Crippen molar-refractivity contribution in [2.75, 3.05) is 12.4 Å². The Bertz CT molecular complexity index is 589. The number of aromatic nitrogens is 1. The first kappa shape index (κ1) is 14.9. The summed E-state index contributed by atoms with van der Waals surface area (Å²) in [7, 11) is 0. The normalized spacial score (nSPS) is 10.2. The van der Waals surface area contributed by atoms with E-state index in [1.807, 2.05) is 24.3 Å². The molecule has 0 aliphatic carbocycles. The number of nitrogens with one attached hydrogen (secondary N) is 1. The summed E-state index contributed by atoms with van der Waals surface area (Å²) in [5, 5.41) is 8.27. The second kappa shape index (κ2) is 7.31. The first-order chi connectivity index (χ1) is 9.66. The summed E-state index contributed by atoms with van der Waals surface area (Å²) < 4.78 is 6.62. The van der Waals surface area contributed by atoms with Crippen LogP contribution in [0.2, 0.25) is 0 Å². The number of nitrogens with zero attached hydrogens (tertiary/aromatic N) is 1. The lowest BCUT2D eigenvalue weighted by Crippen LogP contribution is -2.10. The van der Waals surface area contributed by atoms with E-state index < -0.39 is 0 Å². The molecule has 1 heterocycles. The molecule has 3 N–H and O–H groups in total. The molecule has 0 saturated heterocycles. The van der Waals surface area contributed by atoms with Crippen LogP contribution in [0.15, 0.2) is 52.1 Å². The highest BCUT2D eigenvalue weighted by Gasteiger charge is 2.01. The fourth-order valence-corrected chi connectivity index (χ4v) is 2.81. The van der Waals surface area contributed by atoms with Crippen LogP contribution in [0.1, 0.15) is 5.56 Å². The summed E-state index contributed by atoms with van der Waals surface area (Å²) >= 11 is 5.10. The number of hydrogen-bond acceptors (Lipinski definition) is 4. The molecule has 4 nitrogen and oxygen atoms in total. The number of pyridine rings is 1. The van der Waals surface area contributed by atoms with Gasteiger partial charge in [-0.1, -0.05) is 0 Å². The van der Waals surface area contributed by atoms with Crippen LogP contribution in [0.5, 0.6) is 5.75 Å². The van der Waals surface area contributed by atoms with Gasteiger partial charge in [0.25, 0.3) is 0 Å². The number of halogens is 1. The van der Waals surface area contributed by atoms with Crippen molar-refractivity contribution in [1.82, 2.24) is 4.98 Å². The van der Waals surface area contributed by atoms with Crippen LogP contribution in [0.25, 0.3) is 0 Å². The maximum Gasteiger partial charge on any atom is 0.122 e. The van der Waals surface area contributed by atoms with E-state index in [9.17, 15) is 0 Å². The third-order valence-corrected chi connectivity index (χ3v) is 4.35. The summed E-state index contributed by atoms with van der Waals surface area (Å²) in [5.41, 5.74) is 6.09. The predicted molar refractivity (Wildman–Crippen MR) is 85.6 cm³/mol. The Hall–Kier alpha value is -1.53. The molecule has 0 bridgehead atoms. The molecule has 1 aromatic heterocycles. The zero-order valence-electron chi connectivity index (χ0n) is 10.7. The summed E-state index contributed by atoms with van der Waals surface area (Å²) in [6, 6.07) is 11.0. The third kappa shape index (κ3) is 4.25. The zero-order valence-corrected chi connectivity index (χ0v) is 13.1. The van der Waals surface area contributed by atoms with Gasteiger partial charge in [0.05, 0.1) is 6.61 Å². The molecule has 104 valence electrons. The van der Waals surface area contributed by atoms with E-state index in [-0.39, 0.29) is 5.84 Å². The highest BCUT2D eigenvalue weighted by molar-refractivity contribution is 9.10. The van der Waals surface area contributed by atoms with Gasteiger partial charge in [0.1, 0.15) is 16.6 Å². The number of nitrogens with two attached hydrogens (primary N) is 1. The molecule has 0 fully saturated rings. The van der Waals surface area contributed by atoms with Gasteiger partial charge in [0, 0.05) is 22.0 Å². The Labute approximate surface area is 130 Å². The highest BCUT2D eigenvalue weighted by Crippen LogP contribution is 2.24. The van der Waals surface area contributed by atoms with E-state index in [4.69, 9.17) is 15.9 Å². The average molecular weight is 352 g/mol. The number of nitrogen functional groups attached to an aromatic ring is 1. The fourth-order valence-electron chi connectivity index (χ4n) is 1.51.